The fourth-order valence-electron chi connectivity index (χ4n) is 3.61. The second-order valence-electron chi connectivity index (χ2n) is 7.11. The van der Waals surface area contributed by atoms with Crippen LogP contribution in [0, 0.1) is 0 Å². The number of nitrogens with one attached hydrogen (secondary N) is 2. The van der Waals surface area contributed by atoms with Crippen molar-refractivity contribution >= 4 is 17.9 Å². The first kappa shape index (κ1) is 19.6. The Labute approximate surface area is 176 Å². The molecule has 150 valence electrons. The highest BCUT2D eigenvalue weighted by molar-refractivity contribution is 5.98. The lowest BCUT2D eigenvalue weighted by molar-refractivity contribution is -0.122. The van der Waals surface area contributed by atoms with Crippen LogP contribution in [0.2, 0.25) is 0 Å². The fourth-order valence-corrected chi connectivity index (χ4v) is 3.61. The molecule has 4 rings (SSSR count). The van der Waals surface area contributed by atoms with Gasteiger partial charge in [0.15, 0.2) is 0 Å². The van der Waals surface area contributed by atoms with E-state index in [1.165, 1.54) is 0 Å². The van der Waals surface area contributed by atoms with E-state index >= 15 is 0 Å². The Kier molecular flexibility index (Phi) is 6.01. The molecule has 2 atom stereocenters. The van der Waals surface area contributed by atoms with Crippen LogP contribution in [0.25, 0.3) is 6.08 Å². The molecule has 1 aliphatic heterocycles. The van der Waals surface area contributed by atoms with E-state index in [0.29, 0.717) is 12.1 Å². The molecule has 3 aromatic rings. The van der Waals surface area contributed by atoms with Gasteiger partial charge in [-0.15, -0.1) is 0 Å². The summed E-state index contributed by atoms with van der Waals surface area (Å²) in [5, 5.41) is 4.78. The van der Waals surface area contributed by atoms with Crippen molar-refractivity contribution < 1.29 is 9.59 Å². The SMILES string of the molecule is O=C(N[C@@H]1C(=O)NN(C/C=C/c2ccccc2)[C@H]1c1ccccc1)c1ccccc1. The monoisotopic (exact) mass is 397 g/mol. The first-order valence-electron chi connectivity index (χ1n) is 9.92. The summed E-state index contributed by atoms with van der Waals surface area (Å²) in [6.45, 7) is 0.512. The predicted molar refractivity (Wildman–Crippen MR) is 117 cm³/mol. The van der Waals surface area contributed by atoms with E-state index in [0.717, 1.165) is 11.1 Å². The van der Waals surface area contributed by atoms with Gasteiger partial charge < -0.3 is 5.32 Å². The van der Waals surface area contributed by atoms with Crippen molar-refractivity contribution in [1.29, 1.82) is 0 Å². The smallest absolute Gasteiger partial charge is 0.258 e. The van der Waals surface area contributed by atoms with Crippen LogP contribution >= 0.6 is 0 Å². The van der Waals surface area contributed by atoms with Crippen LogP contribution in [0.5, 0.6) is 0 Å². The maximum Gasteiger partial charge on any atom is 0.258 e. The van der Waals surface area contributed by atoms with Crippen molar-refractivity contribution in [3.05, 3.63) is 114 Å². The fraction of sp³-hybridized carbons (Fsp3) is 0.120. The van der Waals surface area contributed by atoms with Crippen LogP contribution in [-0.2, 0) is 4.79 Å². The van der Waals surface area contributed by atoms with Gasteiger partial charge in [0, 0.05) is 12.1 Å². The van der Waals surface area contributed by atoms with Crippen LogP contribution in [-0.4, -0.2) is 29.4 Å². The quantitative estimate of drug-likeness (QED) is 0.668. The van der Waals surface area contributed by atoms with Crippen molar-refractivity contribution in [2.45, 2.75) is 12.1 Å². The average Bonchev–Trinajstić information content (AvgIpc) is 3.10. The summed E-state index contributed by atoms with van der Waals surface area (Å²) in [4.78, 5) is 25.5. The van der Waals surface area contributed by atoms with Gasteiger partial charge in [0.05, 0.1) is 6.04 Å². The number of hydrogen-bond acceptors (Lipinski definition) is 3. The number of carbonyl (C=O) groups excluding carboxylic acids is 2. The molecule has 0 unspecified atom stereocenters. The largest absolute Gasteiger partial charge is 0.338 e. The van der Waals surface area contributed by atoms with E-state index in [2.05, 4.69) is 10.7 Å². The highest BCUT2D eigenvalue weighted by Crippen LogP contribution is 2.28. The number of nitrogens with zero attached hydrogens (tertiary/aromatic N) is 1. The lowest BCUT2D eigenvalue weighted by Crippen LogP contribution is -2.43. The molecule has 5 nitrogen and oxygen atoms in total. The third-order valence-corrected chi connectivity index (χ3v) is 5.06. The molecule has 3 aromatic carbocycles. The van der Waals surface area contributed by atoms with Crippen molar-refractivity contribution in [2.24, 2.45) is 0 Å². The van der Waals surface area contributed by atoms with Gasteiger partial charge >= 0.3 is 0 Å². The average molecular weight is 397 g/mol. The Morgan fingerprint density at radius 3 is 2.17 bits per heavy atom. The number of hydrogen-bond donors (Lipinski definition) is 2. The Morgan fingerprint density at radius 2 is 1.50 bits per heavy atom. The highest BCUT2D eigenvalue weighted by Gasteiger charge is 2.42. The van der Waals surface area contributed by atoms with Crippen LogP contribution in [0.15, 0.2) is 97.1 Å². The summed E-state index contributed by atoms with van der Waals surface area (Å²) in [5.41, 5.74) is 5.50. The Hall–Kier alpha value is -3.70. The van der Waals surface area contributed by atoms with E-state index in [9.17, 15) is 9.59 Å². The summed E-state index contributed by atoms with van der Waals surface area (Å²) in [6, 6.07) is 27.7. The second kappa shape index (κ2) is 9.20. The highest BCUT2D eigenvalue weighted by atomic mass is 16.2. The van der Waals surface area contributed by atoms with Gasteiger partial charge in [-0.05, 0) is 23.3 Å². The zero-order valence-electron chi connectivity index (χ0n) is 16.4. The molecular formula is C25H23N3O2. The van der Waals surface area contributed by atoms with Gasteiger partial charge in [-0.3, -0.25) is 15.0 Å². The normalized spacial score (nSPS) is 19.0. The molecule has 5 heteroatoms. The van der Waals surface area contributed by atoms with Crippen LogP contribution in [0.3, 0.4) is 0 Å². The van der Waals surface area contributed by atoms with E-state index in [-0.39, 0.29) is 17.9 Å². The minimum Gasteiger partial charge on any atom is -0.338 e. The molecule has 0 aliphatic carbocycles. The summed E-state index contributed by atoms with van der Waals surface area (Å²) >= 11 is 0. The lowest BCUT2D eigenvalue weighted by atomic mass is 9.99. The van der Waals surface area contributed by atoms with Crippen LogP contribution < -0.4 is 10.7 Å². The standard InChI is InChI=1S/C25H23N3O2/c29-24(21-16-8-3-9-17-21)26-22-23(20-14-6-2-7-15-20)28(27-25(22)30)18-10-13-19-11-4-1-5-12-19/h1-17,22-23H,18H2,(H,26,29)(H,27,30)/b13-10+/t22-,23-/m0/s1. The molecule has 0 spiro atoms. The topological polar surface area (TPSA) is 61.4 Å². The first-order chi connectivity index (χ1) is 14.7. The summed E-state index contributed by atoms with van der Waals surface area (Å²) in [5.74, 6) is -0.486. The van der Waals surface area contributed by atoms with Gasteiger partial charge in [0.1, 0.15) is 6.04 Å². The van der Waals surface area contributed by atoms with Crippen molar-refractivity contribution in [3.8, 4) is 0 Å². The third kappa shape index (κ3) is 4.47. The predicted octanol–water partition coefficient (Wildman–Crippen LogP) is 3.59. The van der Waals surface area contributed by atoms with Gasteiger partial charge in [-0.25, -0.2) is 5.01 Å². The van der Waals surface area contributed by atoms with E-state index in [1.807, 2.05) is 83.9 Å². The van der Waals surface area contributed by atoms with E-state index < -0.39 is 6.04 Å². The van der Waals surface area contributed by atoms with Gasteiger partial charge in [0.2, 0.25) is 0 Å². The molecule has 1 aliphatic rings. The zero-order valence-corrected chi connectivity index (χ0v) is 16.4. The number of rotatable bonds is 6. The molecule has 2 amide bonds. The van der Waals surface area contributed by atoms with E-state index in [1.54, 1.807) is 24.3 Å². The van der Waals surface area contributed by atoms with Crippen LogP contribution in [0.4, 0.5) is 0 Å². The molecule has 1 saturated heterocycles. The number of amides is 2. The Bertz CT molecular complexity index is 1020. The summed E-state index contributed by atoms with van der Waals surface area (Å²) in [7, 11) is 0. The minimum atomic E-state index is -0.690. The molecule has 0 bridgehead atoms. The molecule has 1 fully saturated rings. The zero-order chi connectivity index (χ0) is 20.8. The molecule has 2 N–H and O–H groups in total. The molecule has 0 aromatic heterocycles. The van der Waals surface area contributed by atoms with Crippen LogP contribution in [0.1, 0.15) is 27.5 Å². The first-order valence-corrected chi connectivity index (χ1v) is 9.92. The van der Waals surface area contributed by atoms with Gasteiger partial charge in [0.25, 0.3) is 11.8 Å². The third-order valence-electron chi connectivity index (χ3n) is 5.06. The van der Waals surface area contributed by atoms with Crippen molar-refractivity contribution in [3.63, 3.8) is 0 Å². The lowest BCUT2D eigenvalue weighted by Gasteiger charge is -2.25. The van der Waals surface area contributed by atoms with Crippen molar-refractivity contribution in [1.82, 2.24) is 15.8 Å². The number of carbonyl (C=O) groups is 2. The van der Waals surface area contributed by atoms with Gasteiger partial charge in [-0.2, -0.15) is 0 Å². The second-order valence-corrected chi connectivity index (χ2v) is 7.11. The molecule has 0 radical (unpaired) electrons. The number of hydrazine groups is 1. The Balaban J connectivity index is 1.55. The molecular weight excluding hydrogens is 374 g/mol. The minimum absolute atomic E-state index is 0.221. The molecule has 0 saturated carbocycles. The molecule has 1 heterocycles. The maximum absolute atomic E-state index is 12.8. The summed E-state index contributed by atoms with van der Waals surface area (Å²) < 4.78 is 0. The van der Waals surface area contributed by atoms with E-state index in [4.69, 9.17) is 0 Å². The number of benzene rings is 3. The molecule has 30 heavy (non-hydrogen) atoms. The summed E-state index contributed by atoms with van der Waals surface area (Å²) in [6.07, 6.45) is 4.02. The van der Waals surface area contributed by atoms with Crippen molar-refractivity contribution in [2.75, 3.05) is 6.54 Å². The maximum atomic E-state index is 12.8. The Morgan fingerprint density at radius 1 is 0.900 bits per heavy atom. The van der Waals surface area contributed by atoms with Gasteiger partial charge in [-0.1, -0.05) is 91.0 Å².